The highest BCUT2D eigenvalue weighted by Crippen LogP contribution is 2.33. The van der Waals surface area contributed by atoms with Gasteiger partial charge in [0.05, 0.1) is 23.3 Å². The molecule has 7 nitrogen and oxygen atoms in total. The van der Waals surface area contributed by atoms with Crippen LogP contribution in [0.2, 0.25) is 5.02 Å². The molecule has 32 heavy (non-hydrogen) atoms. The summed E-state index contributed by atoms with van der Waals surface area (Å²) in [5.74, 6) is 0.195. The number of amides is 1. The number of ether oxygens (including phenoxy) is 1. The minimum atomic E-state index is -0.504. The van der Waals surface area contributed by atoms with Gasteiger partial charge in [0, 0.05) is 35.8 Å². The van der Waals surface area contributed by atoms with Gasteiger partial charge in [-0.25, -0.2) is 14.4 Å². The third-order valence-electron chi connectivity index (χ3n) is 5.23. The molecule has 1 fully saturated rings. The number of anilines is 3. The Morgan fingerprint density at radius 2 is 2.12 bits per heavy atom. The smallest absolute Gasteiger partial charge is 0.248 e. The number of hydrogen-bond acceptors (Lipinski definition) is 6. The molecule has 4 rings (SSSR count). The number of likely N-dealkylation sites (N-methyl/N-ethyl adjacent to an activating group) is 1. The molecule has 2 N–H and O–H groups in total. The van der Waals surface area contributed by atoms with Crippen LogP contribution >= 0.6 is 11.6 Å². The molecule has 2 aromatic carbocycles. The molecule has 0 atom stereocenters. The number of nitrogens with one attached hydrogen (secondary N) is 2. The molecule has 1 heterocycles. The maximum absolute atomic E-state index is 13.5. The Morgan fingerprint density at radius 1 is 1.31 bits per heavy atom. The number of rotatable bonds is 8. The molecular weight excluding hydrogens is 433 g/mol. The predicted octanol–water partition coefficient (Wildman–Crippen LogP) is 4.76. The monoisotopic (exact) mass is 455 g/mol. The Labute approximate surface area is 190 Å². The van der Waals surface area contributed by atoms with E-state index in [1.165, 1.54) is 44.5 Å². The van der Waals surface area contributed by atoms with Crippen LogP contribution < -0.4 is 15.4 Å². The van der Waals surface area contributed by atoms with Crippen LogP contribution in [0.15, 0.2) is 48.8 Å². The quantitative estimate of drug-likeness (QED) is 0.476. The Balaban J connectivity index is 1.57. The van der Waals surface area contributed by atoms with Crippen LogP contribution in [0.25, 0.3) is 10.9 Å². The summed E-state index contributed by atoms with van der Waals surface area (Å²) in [5, 5.41) is 6.63. The zero-order chi connectivity index (χ0) is 22.7. The van der Waals surface area contributed by atoms with Gasteiger partial charge in [0.1, 0.15) is 23.7 Å². The van der Waals surface area contributed by atoms with E-state index in [1.807, 2.05) is 6.08 Å². The lowest BCUT2D eigenvalue weighted by Gasteiger charge is -2.14. The van der Waals surface area contributed by atoms with E-state index < -0.39 is 5.82 Å². The average Bonchev–Trinajstić information content (AvgIpc) is 3.62. The summed E-state index contributed by atoms with van der Waals surface area (Å²) in [6.07, 6.45) is 7.20. The van der Waals surface area contributed by atoms with E-state index in [0.717, 1.165) is 6.54 Å². The Morgan fingerprint density at radius 3 is 2.84 bits per heavy atom. The molecule has 166 valence electrons. The first kappa shape index (κ1) is 22.0. The summed E-state index contributed by atoms with van der Waals surface area (Å²) < 4.78 is 18.9. The number of nitrogens with zero attached hydrogens (tertiary/aromatic N) is 3. The number of carbonyl (C=O) groups excluding carboxylic acids is 1. The van der Waals surface area contributed by atoms with Crippen LogP contribution in [-0.4, -0.2) is 47.5 Å². The second-order valence-electron chi connectivity index (χ2n) is 7.61. The van der Waals surface area contributed by atoms with Gasteiger partial charge in [-0.1, -0.05) is 17.7 Å². The summed E-state index contributed by atoms with van der Waals surface area (Å²) in [4.78, 5) is 23.3. The van der Waals surface area contributed by atoms with Crippen molar-refractivity contribution in [3.8, 4) is 5.75 Å². The lowest BCUT2D eigenvalue weighted by atomic mass is 10.1. The molecule has 3 aromatic rings. The Hall–Kier alpha value is -3.23. The van der Waals surface area contributed by atoms with E-state index in [9.17, 15) is 9.18 Å². The van der Waals surface area contributed by atoms with Gasteiger partial charge in [0.25, 0.3) is 0 Å². The van der Waals surface area contributed by atoms with E-state index in [2.05, 4.69) is 32.5 Å². The van der Waals surface area contributed by atoms with E-state index in [0.29, 0.717) is 39.9 Å². The van der Waals surface area contributed by atoms with Crippen molar-refractivity contribution in [2.24, 2.45) is 0 Å². The van der Waals surface area contributed by atoms with Gasteiger partial charge in [0.15, 0.2) is 0 Å². The van der Waals surface area contributed by atoms with Crippen molar-refractivity contribution in [3.63, 3.8) is 0 Å². The van der Waals surface area contributed by atoms with Crippen LogP contribution in [-0.2, 0) is 4.79 Å². The largest absolute Gasteiger partial charge is 0.494 e. The minimum Gasteiger partial charge on any atom is -0.494 e. The second-order valence-corrected chi connectivity index (χ2v) is 8.02. The van der Waals surface area contributed by atoms with Gasteiger partial charge >= 0.3 is 0 Å². The first-order valence-corrected chi connectivity index (χ1v) is 10.5. The van der Waals surface area contributed by atoms with E-state index in [1.54, 1.807) is 18.2 Å². The zero-order valence-corrected chi connectivity index (χ0v) is 18.5. The maximum atomic E-state index is 13.5. The van der Waals surface area contributed by atoms with Crippen molar-refractivity contribution in [2.45, 2.75) is 18.9 Å². The number of fused-ring (bicyclic) bond motifs is 1. The number of aromatic nitrogens is 2. The number of hydrogen-bond donors (Lipinski definition) is 2. The standard InChI is InChI=1S/C23H23ClFN5O2/c1-30(15-6-7-15)9-3-4-22(31)29-20-11-16-19(12-21(20)32-2)26-13-27-23(16)28-14-5-8-18(25)17(24)10-14/h3-5,8,10-13,15H,6-7,9H2,1-2H3,(H,29,31)(H,26,27,28)/b4-3+. The third kappa shape index (κ3) is 5.15. The van der Waals surface area contributed by atoms with Gasteiger partial charge in [-0.15, -0.1) is 0 Å². The third-order valence-corrected chi connectivity index (χ3v) is 5.52. The normalized spacial score (nSPS) is 13.7. The first-order valence-electron chi connectivity index (χ1n) is 10.2. The van der Waals surface area contributed by atoms with E-state index in [4.69, 9.17) is 16.3 Å². The van der Waals surface area contributed by atoms with Crippen LogP contribution in [0.5, 0.6) is 5.75 Å². The molecule has 1 saturated carbocycles. The lowest BCUT2D eigenvalue weighted by Crippen LogP contribution is -2.20. The van der Waals surface area contributed by atoms with Crippen molar-refractivity contribution >= 4 is 45.6 Å². The SMILES string of the molecule is COc1cc2ncnc(Nc3ccc(F)c(Cl)c3)c2cc1NC(=O)/C=C/CN(C)C1CC1. The highest BCUT2D eigenvalue weighted by Gasteiger charge is 2.24. The molecule has 1 aliphatic carbocycles. The molecule has 0 saturated heterocycles. The number of benzene rings is 2. The van der Waals surface area contributed by atoms with Crippen molar-refractivity contribution in [3.05, 3.63) is 59.7 Å². The van der Waals surface area contributed by atoms with Gasteiger partial charge in [0.2, 0.25) is 5.91 Å². The molecule has 0 aliphatic heterocycles. The lowest BCUT2D eigenvalue weighted by molar-refractivity contribution is -0.111. The molecule has 1 amide bonds. The molecule has 1 aromatic heterocycles. The van der Waals surface area contributed by atoms with Crippen molar-refractivity contribution in [1.29, 1.82) is 0 Å². The predicted molar refractivity (Wildman–Crippen MR) is 124 cm³/mol. The van der Waals surface area contributed by atoms with Gasteiger partial charge in [-0.3, -0.25) is 9.69 Å². The average molecular weight is 456 g/mol. The summed E-state index contributed by atoms with van der Waals surface area (Å²) in [6, 6.07) is 8.40. The fourth-order valence-corrected chi connectivity index (χ4v) is 3.51. The number of halogens is 2. The Kier molecular flexibility index (Phi) is 6.53. The molecule has 1 aliphatic rings. The highest BCUT2D eigenvalue weighted by molar-refractivity contribution is 6.31. The van der Waals surface area contributed by atoms with E-state index >= 15 is 0 Å². The van der Waals surface area contributed by atoms with Crippen LogP contribution in [0, 0.1) is 5.82 Å². The van der Waals surface area contributed by atoms with Gasteiger partial charge < -0.3 is 15.4 Å². The fourth-order valence-electron chi connectivity index (χ4n) is 3.33. The van der Waals surface area contributed by atoms with Gasteiger partial charge in [-0.2, -0.15) is 0 Å². The first-order chi connectivity index (χ1) is 15.4. The minimum absolute atomic E-state index is 0.00195. The fraction of sp³-hybridized carbons (Fsp3) is 0.261. The van der Waals surface area contributed by atoms with E-state index in [-0.39, 0.29) is 10.9 Å². The number of methoxy groups -OCH3 is 1. The molecule has 0 unspecified atom stereocenters. The summed E-state index contributed by atoms with van der Waals surface area (Å²) in [6.45, 7) is 0.717. The Bertz CT molecular complexity index is 1180. The molecule has 0 spiro atoms. The maximum Gasteiger partial charge on any atom is 0.248 e. The molecule has 0 radical (unpaired) electrons. The van der Waals surface area contributed by atoms with Crippen LogP contribution in [0.3, 0.4) is 0 Å². The second kappa shape index (κ2) is 9.50. The summed E-state index contributed by atoms with van der Waals surface area (Å²) in [7, 11) is 3.58. The molecule has 0 bridgehead atoms. The van der Waals surface area contributed by atoms with Crippen molar-refractivity contribution in [1.82, 2.24) is 14.9 Å². The number of carbonyl (C=O) groups is 1. The van der Waals surface area contributed by atoms with Crippen molar-refractivity contribution in [2.75, 3.05) is 31.3 Å². The van der Waals surface area contributed by atoms with Gasteiger partial charge in [-0.05, 0) is 44.2 Å². The topological polar surface area (TPSA) is 79.4 Å². The highest BCUT2D eigenvalue weighted by atomic mass is 35.5. The summed E-state index contributed by atoms with van der Waals surface area (Å²) in [5.41, 5.74) is 1.67. The molecular formula is C23H23ClFN5O2. The van der Waals surface area contributed by atoms with Crippen LogP contribution in [0.1, 0.15) is 12.8 Å². The summed E-state index contributed by atoms with van der Waals surface area (Å²) >= 11 is 5.88. The van der Waals surface area contributed by atoms with Crippen LogP contribution in [0.4, 0.5) is 21.6 Å². The zero-order valence-electron chi connectivity index (χ0n) is 17.7. The van der Waals surface area contributed by atoms with Crippen molar-refractivity contribution < 1.29 is 13.9 Å². The molecule has 9 heteroatoms.